The summed E-state index contributed by atoms with van der Waals surface area (Å²) in [6, 6.07) is 11.2. The lowest BCUT2D eigenvalue weighted by atomic mass is 9.58. The van der Waals surface area contributed by atoms with Crippen molar-refractivity contribution in [2.45, 2.75) is 52.4 Å². The highest BCUT2D eigenvalue weighted by molar-refractivity contribution is 5.54. The van der Waals surface area contributed by atoms with E-state index in [1.807, 2.05) is 0 Å². The van der Waals surface area contributed by atoms with E-state index in [0.29, 0.717) is 5.92 Å². The minimum absolute atomic E-state index is 0.171. The molecule has 1 aromatic carbocycles. The number of fused-ring (bicyclic) bond motifs is 2. The summed E-state index contributed by atoms with van der Waals surface area (Å²) in [5.41, 5.74) is 7.28. The molecule has 0 nitrogen and oxygen atoms in total. The zero-order valence-corrected chi connectivity index (χ0v) is 14.5. The van der Waals surface area contributed by atoms with Gasteiger partial charge >= 0.3 is 0 Å². The molecule has 0 aromatic heterocycles. The van der Waals surface area contributed by atoms with Crippen LogP contribution in [-0.2, 0) is 5.41 Å². The van der Waals surface area contributed by atoms with Crippen molar-refractivity contribution in [2.24, 2.45) is 11.3 Å². The number of rotatable bonds is 3. The van der Waals surface area contributed by atoms with Crippen molar-refractivity contribution >= 4 is 0 Å². The van der Waals surface area contributed by atoms with Gasteiger partial charge in [0.2, 0.25) is 0 Å². The van der Waals surface area contributed by atoms with E-state index in [2.05, 4.69) is 71.2 Å². The molecule has 1 aromatic rings. The molecule has 3 rings (SSSR count). The lowest BCUT2D eigenvalue weighted by Gasteiger charge is -2.45. The van der Waals surface area contributed by atoms with Crippen molar-refractivity contribution in [1.29, 1.82) is 0 Å². The van der Waals surface area contributed by atoms with Crippen molar-refractivity contribution in [3.05, 3.63) is 71.3 Å². The van der Waals surface area contributed by atoms with Gasteiger partial charge in [-0.2, -0.15) is 0 Å². The predicted octanol–water partition coefficient (Wildman–Crippen LogP) is 6.21. The summed E-state index contributed by atoms with van der Waals surface area (Å²) in [4.78, 5) is 0. The van der Waals surface area contributed by atoms with Crippen molar-refractivity contribution in [3.63, 3.8) is 0 Å². The first kappa shape index (κ1) is 15.3. The Kier molecular flexibility index (Phi) is 3.47. The third-order valence-corrected chi connectivity index (χ3v) is 6.24. The highest BCUT2D eigenvalue weighted by atomic mass is 14.6. The van der Waals surface area contributed by atoms with Crippen LogP contribution in [0.15, 0.2) is 65.8 Å². The SMILES string of the molecule is C=C(C)C(C(=C)C)=C1C2CCC(c3ccccc3)(C2)C1(C)C. The van der Waals surface area contributed by atoms with Gasteiger partial charge in [0.1, 0.15) is 0 Å². The van der Waals surface area contributed by atoms with Crippen LogP contribution >= 0.6 is 0 Å². The normalized spacial score (nSPS) is 28.7. The Morgan fingerprint density at radius 2 is 1.64 bits per heavy atom. The Labute approximate surface area is 135 Å². The minimum Gasteiger partial charge on any atom is -0.0955 e. The predicted molar refractivity (Wildman–Crippen MR) is 95.9 cm³/mol. The average Bonchev–Trinajstić information content (AvgIpc) is 2.97. The minimum atomic E-state index is 0.171. The summed E-state index contributed by atoms with van der Waals surface area (Å²) < 4.78 is 0. The Hall–Kier alpha value is -1.56. The molecular formula is C22H28. The molecule has 22 heavy (non-hydrogen) atoms. The summed E-state index contributed by atoms with van der Waals surface area (Å²) in [7, 11) is 0. The molecule has 0 heterocycles. The van der Waals surface area contributed by atoms with Crippen LogP contribution in [0.2, 0.25) is 0 Å². The smallest absolute Gasteiger partial charge is 0.00476 e. The fourth-order valence-electron chi connectivity index (χ4n) is 5.35. The van der Waals surface area contributed by atoms with Crippen LogP contribution in [0, 0.1) is 11.3 Å². The first-order chi connectivity index (χ1) is 10.3. The van der Waals surface area contributed by atoms with Crippen molar-refractivity contribution in [1.82, 2.24) is 0 Å². The Balaban J connectivity index is 2.22. The summed E-state index contributed by atoms with van der Waals surface area (Å²) >= 11 is 0. The van der Waals surface area contributed by atoms with E-state index in [4.69, 9.17) is 0 Å². The fourth-order valence-corrected chi connectivity index (χ4v) is 5.35. The lowest BCUT2D eigenvalue weighted by molar-refractivity contribution is 0.227. The molecule has 2 aliphatic carbocycles. The van der Waals surface area contributed by atoms with Gasteiger partial charge in [-0.15, -0.1) is 0 Å². The number of benzene rings is 1. The Bertz CT molecular complexity index is 641. The number of hydrogen-bond acceptors (Lipinski definition) is 0. The van der Waals surface area contributed by atoms with E-state index in [1.54, 1.807) is 5.57 Å². The van der Waals surface area contributed by atoms with Crippen LogP contribution in [0.1, 0.15) is 52.5 Å². The molecule has 0 heteroatoms. The van der Waals surface area contributed by atoms with Gasteiger partial charge < -0.3 is 0 Å². The topological polar surface area (TPSA) is 0 Å². The standard InChI is InChI=1S/C22H28/c1-15(2)19(16(3)4)20-17-12-13-22(14-17,21(20,5)6)18-10-8-7-9-11-18/h7-11,17H,1,3,12-14H2,2,4-6H3. The van der Waals surface area contributed by atoms with E-state index in [1.165, 1.54) is 41.5 Å². The average molecular weight is 292 g/mol. The molecular weight excluding hydrogens is 264 g/mol. The highest BCUT2D eigenvalue weighted by Crippen LogP contribution is 2.68. The first-order valence-corrected chi connectivity index (χ1v) is 8.43. The molecule has 2 bridgehead atoms. The Morgan fingerprint density at radius 3 is 2.18 bits per heavy atom. The molecule has 2 atom stereocenters. The van der Waals surface area contributed by atoms with Gasteiger partial charge in [-0.3, -0.25) is 0 Å². The maximum Gasteiger partial charge on any atom is 0.00476 e. The summed E-state index contributed by atoms with van der Waals surface area (Å²) in [5, 5.41) is 0. The molecule has 0 radical (unpaired) electrons. The second-order valence-electron chi connectivity index (χ2n) is 7.86. The van der Waals surface area contributed by atoms with Gasteiger partial charge in [0.05, 0.1) is 0 Å². The number of hydrogen-bond donors (Lipinski definition) is 0. The summed E-state index contributed by atoms with van der Waals surface area (Å²) in [6.07, 6.45) is 3.89. The van der Waals surface area contributed by atoms with Crippen LogP contribution < -0.4 is 0 Å². The zero-order valence-electron chi connectivity index (χ0n) is 14.5. The second kappa shape index (κ2) is 4.98. The van der Waals surface area contributed by atoms with E-state index < -0.39 is 0 Å². The third kappa shape index (κ3) is 1.89. The van der Waals surface area contributed by atoms with Gasteiger partial charge in [0.15, 0.2) is 0 Å². The van der Waals surface area contributed by atoms with Crippen LogP contribution in [-0.4, -0.2) is 0 Å². The third-order valence-electron chi connectivity index (χ3n) is 6.24. The van der Waals surface area contributed by atoms with Gasteiger partial charge in [0, 0.05) is 5.41 Å². The van der Waals surface area contributed by atoms with Crippen LogP contribution in [0.4, 0.5) is 0 Å². The lowest BCUT2D eigenvalue weighted by Crippen LogP contribution is -2.39. The molecule has 116 valence electrons. The quantitative estimate of drug-likeness (QED) is 0.621. The van der Waals surface area contributed by atoms with E-state index in [-0.39, 0.29) is 10.8 Å². The monoisotopic (exact) mass is 292 g/mol. The van der Waals surface area contributed by atoms with Crippen molar-refractivity contribution in [3.8, 4) is 0 Å². The van der Waals surface area contributed by atoms with E-state index in [0.717, 1.165) is 0 Å². The van der Waals surface area contributed by atoms with Crippen LogP contribution in [0.3, 0.4) is 0 Å². The molecule has 0 aliphatic heterocycles. The fraction of sp³-hybridized carbons (Fsp3) is 0.455. The molecule has 0 N–H and O–H groups in total. The molecule has 2 aliphatic rings. The van der Waals surface area contributed by atoms with Gasteiger partial charge in [0.25, 0.3) is 0 Å². The molecule has 0 spiro atoms. The van der Waals surface area contributed by atoms with Crippen molar-refractivity contribution in [2.75, 3.05) is 0 Å². The summed E-state index contributed by atoms with van der Waals surface area (Å²) in [6.45, 7) is 17.7. The Morgan fingerprint density at radius 1 is 1.05 bits per heavy atom. The molecule has 2 unspecified atom stereocenters. The molecule has 0 saturated heterocycles. The van der Waals surface area contributed by atoms with E-state index in [9.17, 15) is 0 Å². The van der Waals surface area contributed by atoms with Crippen LogP contribution in [0.5, 0.6) is 0 Å². The van der Waals surface area contributed by atoms with Crippen molar-refractivity contribution < 1.29 is 0 Å². The summed E-state index contributed by atoms with van der Waals surface area (Å²) in [5.74, 6) is 0.693. The molecule has 2 fully saturated rings. The first-order valence-electron chi connectivity index (χ1n) is 8.43. The number of allylic oxidation sites excluding steroid dienone is 4. The second-order valence-corrected chi connectivity index (χ2v) is 7.86. The highest BCUT2D eigenvalue weighted by Gasteiger charge is 2.60. The zero-order chi connectivity index (χ0) is 16.1. The van der Waals surface area contributed by atoms with Crippen LogP contribution in [0.25, 0.3) is 0 Å². The maximum absolute atomic E-state index is 4.25. The molecule has 2 saturated carbocycles. The van der Waals surface area contributed by atoms with Gasteiger partial charge in [-0.25, -0.2) is 0 Å². The molecule has 0 amide bonds. The van der Waals surface area contributed by atoms with Gasteiger partial charge in [-0.05, 0) is 55.6 Å². The van der Waals surface area contributed by atoms with E-state index >= 15 is 0 Å². The largest absolute Gasteiger partial charge is 0.0955 e. The maximum atomic E-state index is 4.25. The van der Waals surface area contributed by atoms with Gasteiger partial charge in [-0.1, -0.05) is 74.1 Å².